The van der Waals surface area contributed by atoms with E-state index in [4.69, 9.17) is 4.74 Å². The molecule has 2 aromatic rings. The predicted molar refractivity (Wildman–Crippen MR) is 86.8 cm³/mol. The quantitative estimate of drug-likeness (QED) is 0.502. The van der Waals surface area contributed by atoms with Crippen LogP contribution in [0.5, 0.6) is 0 Å². The molecule has 0 fully saturated rings. The Hall–Kier alpha value is -2.39. The van der Waals surface area contributed by atoms with Crippen LogP contribution >= 0.6 is 0 Å². The van der Waals surface area contributed by atoms with Gasteiger partial charge in [-0.05, 0) is 0 Å². The maximum Gasteiger partial charge on any atom is 0.332 e. The van der Waals surface area contributed by atoms with E-state index in [0.717, 1.165) is 4.57 Å². The zero-order valence-corrected chi connectivity index (χ0v) is 13.4. The predicted octanol–water partition coefficient (Wildman–Crippen LogP) is -0.961. The summed E-state index contributed by atoms with van der Waals surface area (Å²) in [5, 5.41) is 13.0. The molecule has 23 heavy (non-hydrogen) atoms. The largest absolute Gasteiger partial charge is 0.389 e. The maximum atomic E-state index is 12.4. The highest BCUT2D eigenvalue weighted by molar-refractivity contribution is 5.74. The van der Waals surface area contributed by atoms with Crippen molar-refractivity contribution in [3.63, 3.8) is 0 Å². The van der Waals surface area contributed by atoms with E-state index in [1.165, 1.54) is 11.6 Å². The molecule has 126 valence electrons. The van der Waals surface area contributed by atoms with Gasteiger partial charge in [-0.25, -0.2) is 4.79 Å². The van der Waals surface area contributed by atoms with Crippen LogP contribution in [0.4, 0.5) is 5.95 Å². The number of aromatic nitrogens is 4. The van der Waals surface area contributed by atoms with Crippen molar-refractivity contribution in [2.45, 2.75) is 12.6 Å². The number of imidazole rings is 1. The van der Waals surface area contributed by atoms with E-state index in [1.54, 1.807) is 24.7 Å². The van der Waals surface area contributed by atoms with Crippen LogP contribution in [0.1, 0.15) is 0 Å². The first-order chi connectivity index (χ1) is 10.9. The van der Waals surface area contributed by atoms with E-state index in [1.807, 2.05) is 0 Å². The number of anilines is 1. The third kappa shape index (κ3) is 3.06. The lowest BCUT2D eigenvalue weighted by atomic mass is 10.3. The highest BCUT2D eigenvalue weighted by Crippen LogP contribution is 2.15. The second-order valence-corrected chi connectivity index (χ2v) is 5.15. The Morgan fingerprint density at radius 3 is 2.70 bits per heavy atom. The Morgan fingerprint density at radius 1 is 1.39 bits per heavy atom. The second kappa shape index (κ2) is 6.80. The molecule has 1 atom stereocenters. The van der Waals surface area contributed by atoms with Gasteiger partial charge in [0.2, 0.25) is 5.95 Å². The summed E-state index contributed by atoms with van der Waals surface area (Å²) >= 11 is 0. The number of aryl methyl sites for hydroxylation is 1. The second-order valence-electron chi connectivity index (χ2n) is 5.15. The normalized spacial score (nSPS) is 12.5. The van der Waals surface area contributed by atoms with Gasteiger partial charge in [0.25, 0.3) is 5.56 Å². The van der Waals surface area contributed by atoms with Gasteiger partial charge in [-0.1, -0.05) is 6.08 Å². The van der Waals surface area contributed by atoms with Crippen LogP contribution in [-0.2, 0) is 25.4 Å². The molecule has 0 aliphatic rings. The number of aliphatic hydroxyl groups is 1. The molecule has 0 aliphatic heterocycles. The third-order valence-corrected chi connectivity index (χ3v) is 3.51. The van der Waals surface area contributed by atoms with Gasteiger partial charge in [-0.3, -0.25) is 13.9 Å². The molecule has 0 aromatic carbocycles. The minimum absolute atomic E-state index is 0.0981. The number of fused-ring (bicyclic) bond motifs is 1. The minimum Gasteiger partial charge on any atom is -0.389 e. The molecule has 9 heteroatoms. The standard InChI is InChI=1S/C14H21N5O4/c1-5-6-23-8-9(20)7-19-10-11(16-13(19)15-2)17(3)14(22)18(4)12(10)21/h5,9,20H,1,6-8H2,2-4H3,(H,15,16)/t9-/m0/s1. The topological polar surface area (TPSA) is 103 Å². The average molecular weight is 323 g/mol. The van der Waals surface area contributed by atoms with E-state index >= 15 is 0 Å². The number of rotatable bonds is 7. The average Bonchev–Trinajstić information content (AvgIpc) is 2.89. The van der Waals surface area contributed by atoms with Gasteiger partial charge < -0.3 is 19.7 Å². The summed E-state index contributed by atoms with van der Waals surface area (Å²) in [5.41, 5.74) is -0.399. The molecule has 0 spiro atoms. The smallest absolute Gasteiger partial charge is 0.332 e. The first-order valence-electron chi connectivity index (χ1n) is 7.13. The molecule has 2 N–H and O–H groups in total. The Labute approximate surface area is 132 Å². The SMILES string of the molecule is C=CCOC[C@@H](O)Cn1c(NC)nc2c1c(=O)n(C)c(=O)n2C. The molecule has 0 bridgehead atoms. The lowest BCUT2D eigenvalue weighted by Gasteiger charge is -2.14. The lowest BCUT2D eigenvalue weighted by molar-refractivity contribution is 0.0405. The summed E-state index contributed by atoms with van der Waals surface area (Å²) in [6.07, 6.45) is 0.755. The molecule has 2 heterocycles. The van der Waals surface area contributed by atoms with Gasteiger partial charge in [0, 0.05) is 21.1 Å². The van der Waals surface area contributed by atoms with E-state index in [-0.39, 0.29) is 24.3 Å². The fourth-order valence-corrected chi connectivity index (χ4v) is 2.37. The zero-order chi connectivity index (χ0) is 17.1. The molecule has 0 amide bonds. The number of hydrogen-bond donors (Lipinski definition) is 2. The Kier molecular flexibility index (Phi) is 5.02. The first kappa shape index (κ1) is 17.0. The van der Waals surface area contributed by atoms with Gasteiger partial charge >= 0.3 is 5.69 Å². The van der Waals surface area contributed by atoms with E-state index in [2.05, 4.69) is 16.9 Å². The van der Waals surface area contributed by atoms with Gasteiger partial charge in [0.1, 0.15) is 0 Å². The van der Waals surface area contributed by atoms with E-state index < -0.39 is 17.4 Å². The Balaban J connectivity index is 2.52. The third-order valence-electron chi connectivity index (χ3n) is 3.51. The number of nitrogens with one attached hydrogen (secondary N) is 1. The molecular formula is C14H21N5O4. The van der Waals surface area contributed by atoms with Crippen molar-refractivity contribution in [1.82, 2.24) is 18.7 Å². The van der Waals surface area contributed by atoms with Crippen LogP contribution in [0.2, 0.25) is 0 Å². The lowest BCUT2D eigenvalue weighted by Crippen LogP contribution is -2.38. The van der Waals surface area contributed by atoms with Gasteiger partial charge in [-0.15, -0.1) is 6.58 Å². The maximum absolute atomic E-state index is 12.4. The summed E-state index contributed by atoms with van der Waals surface area (Å²) < 4.78 is 9.08. The number of aliphatic hydroxyl groups excluding tert-OH is 1. The summed E-state index contributed by atoms with van der Waals surface area (Å²) in [4.78, 5) is 28.7. The highest BCUT2D eigenvalue weighted by atomic mass is 16.5. The molecular weight excluding hydrogens is 302 g/mol. The van der Waals surface area contributed by atoms with Crippen molar-refractivity contribution in [2.24, 2.45) is 14.1 Å². The molecule has 0 radical (unpaired) electrons. The molecule has 0 saturated heterocycles. The summed E-state index contributed by atoms with van der Waals surface area (Å²) in [6, 6.07) is 0. The molecule has 0 unspecified atom stereocenters. The van der Waals surface area contributed by atoms with Crippen LogP contribution in [0, 0.1) is 0 Å². The molecule has 0 aliphatic carbocycles. The van der Waals surface area contributed by atoms with Crippen molar-refractivity contribution in [3.8, 4) is 0 Å². The molecule has 2 aromatic heterocycles. The molecule has 2 rings (SSSR count). The highest BCUT2D eigenvalue weighted by Gasteiger charge is 2.20. The van der Waals surface area contributed by atoms with Crippen LogP contribution < -0.4 is 16.6 Å². The number of ether oxygens (including phenoxy) is 1. The minimum atomic E-state index is -0.832. The molecule has 0 saturated carbocycles. The van der Waals surface area contributed by atoms with Crippen molar-refractivity contribution < 1.29 is 9.84 Å². The van der Waals surface area contributed by atoms with E-state index in [9.17, 15) is 14.7 Å². The number of hydrogen-bond acceptors (Lipinski definition) is 6. The first-order valence-corrected chi connectivity index (χ1v) is 7.13. The number of nitrogens with zero attached hydrogens (tertiary/aromatic N) is 4. The van der Waals surface area contributed by atoms with Crippen molar-refractivity contribution in [1.29, 1.82) is 0 Å². The summed E-state index contributed by atoms with van der Waals surface area (Å²) in [7, 11) is 4.61. The van der Waals surface area contributed by atoms with Crippen LogP contribution in [0.15, 0.2) is 22.2 Å². The van der Waals surface area contributed by atoms with Gasteiger partial charge in [0.15, 0.2) is 11.2 Å². The van der Waals surface area contributed by atoms with Crippen LogP contribution in [0.3, 0.4) is 0 Å². The van der Waals surface area contributed by atoms with Crippen molar-refractivity contribution in [3.05, 3.63) is 33.5 Å². The summed E-state index contributed by atoms with van der Waals surface area (Å²) in [6.45, 7) is 4.07. The Bertz CT molecular complexity index is 832. The zero-order valence-electron chi connectivity index (χ0n) is 13.4. The van der Waals surface area contributed by atoms with Crippen molar-refractivity contribution in [2.75, 3.05) is 25.6 Å². The fourth-order valence-electron chi connectivity index (χ4n) is 2.37. The van der Waals surface area contributed by atoms with E-state index in [0.29, 0.717) is 12.6 Å². The van der Waals surface area contributed by atoms with Gasteiger partial charge in [-0.2, -0.15) is 4.98 Å². The van der Waals surface area contributed by atoms with Crippen LogP contribution in [-0.4, -0.2) is 50.2 Å². The monoisotopic (exact) mass is 323 g/mol. The summed E-state index contributed by atoms with van der Waals surface area (Å²) in [5.74, 6) is 0.390. The molecule has 9 nitrogen and oxygen atoms in total. The van der Waals surface area contributed by atoms with Gasteiger partial charge in [0.05, 0.1) is 25.9 Å². The van der Waals surface area contributed by atoms with Crippen molar-refractivity contribution >= 4 is 17.1 Å². The Morgan fingerprint density at radius 2 is 2.09 bits per heavy atom. The van der Waals surface area contributed by atoms with Crippen LogP contribution in [0.25, 0.3) is 11.2 Å². The fraction of sp³-hybridized carbons (Fsp3) is 0.500.